The highest BCUT2D eigenvalue weighted by Crippen LogP contribution is 2.73. The number of nitrogens with zero attached hydrogens (tertiary/aromatic N) is 9. The monoisotopic (exact) mass is 1730 g/mol. The molecule has 680 valence electrons. The fraction of sp³-hybridized carbons (Fsp3) is 0.867. The highest BCUT2D eigenvalue weighted by molar-refractivity contribution is 7.57. The Hall–Kier alpha value is -5.89. The van der Waals surface area contributed by atoms with Gasteiger partial charge >= 0.3 is 35.8 Å². The zero-order valence-corrected chi connectivity index (χ0v) is 75.0. The number of fused-ring (bicyclic) bond motifs is 15. The number of hydrogen-bond donors (Lipinski definition) is 9. The molecule has 0 bridgehead atoms. The van der Waals surface area contributed by atoms with Crippen LogP contribution < -0.4 is 15.3 Å². The SMILES string of the molecule is COC(=O)CC[C@@H](C)[C@H]1CC[C@H]2[C@@H]3[C@H](O)C[C@@H]4CC(OC(=O)Cn5cc(CNP(=O)(NCc6cn(CC(=O)OC7CC[C@@]8(C)[C@@H](C7)C[C@@H](O)[C@@H]7[C@@H]8C[C@H](O)[C@]8(C)[C@@H]([C@H](C)CCC(=O)OC)CC[C@@H]78)nn6)NCc6cn(CC(=O)OC7CC[C@@]8(C)[C@@H](C7)C[C@@H](O)[C@@H]7[C@@H]8C[C@H](O)[C@]8(C)[C@@H]([C@H](C)CCC(=O)OC)CC[C@@H]78)nn6)nn5)CC[C@]4(C)[C@H]3C[C@H](O)[C@]12C. The smallest absolute Gasteiger partial charge is 0.328 e. The molecule has 9 N–H and O–H groups in total. The van der Waals surface area contributed by atoms with E-state index in [1.165, 1.54) is 35.4 Å². The van der Waals surface area contributed by atoms with E-state index in [4.69, 9.17) is 28.4 Å². The summed E-state index contributed by atoms with van der Waals surface area (Å²) in [6.45, 7) is 19.1. The van der Waals surface area contributed by atoms with Crippen LogP contribution in [0.25, 0.3) is 0 Å². The Balaban J connectivity index is 0.557. The molecule has 3 aromatic heterocycles. The number of aromatic nitrogens is 9. The second-order valence-electron chi connectivity index (χ2n) is 42.1. The van der Waals surface area contributed by atoms with Crippen molar-refractivity contribution in [2.75, 3.05) is 21.3 Å². The summed E-state index contributed by atoms with van der Waals surface area (Å²) in [5, 5.41) is 108. The molecule has 0 aliphatic heterocycles. The summed E-state index contributed by atoms with van der Waals surface area (Å²) >= 11 is 0. The lowest BCUT2D eigenvalue weighted by Crippen LogP contribution is -2.62. The van der Waals surface area contributed by atoms with E-state index in [9.17, 15) is 59.4 Å². The zero-order valence-electron chi connectivity index (χ0n) is 74.1. The number of ether oxygens (including phenoxy) is 6. The number of hydrogen-bond acceptors (Lipinski definition) is 25. The van der Waals surface area contributed by atoms with Crippen molar-refractivity contribution in [3.05, 3.63) is 35.7 Å². The van der Waals surface area contributed by atoms with Crippen LogP contribution >= 0.6 is 7.59 Å². The summed E-state index contributed by atoms with van der Waals surface area (Å²) in [6, 6.07) is 0. The molecule has 0 amide bonds. The Morgan fingerprint density at radius 1 is 0.402 bits per heavy atom. The number of nitrogens with one attached hydrogen (secondary N) is 3. The largest absolute Gasteiger partial charge is 0.469 e. The fourth-order valence-corrected chi connectivity index (χ4v) is 31.4. The highest BCUT2D eigenvalue weighted by atomic mass is 31.2. The standard InChI is InChI=1S/C90H141N12O19P/c1-49(13-22-76(109)116-10)61-16-19-64-82-67(37-73(106)88(61,64)7)85(4)28-25-58(31-52(85)34-70(82)103)119-79(112)46-100-43-55(94-97-100)40-91-122(115,92-41-56-44-101(98-95-56)47-80(113)120-59-26-29-86(5)53(32-59)35-71(104)83-65-20-17-62(50(2)14-23-77(110)117-11)89(65,8)74(107)38-68(83)86)93-42-57-45-102(99-96-57)48-81(114)121-60-27-30-87(6)54(33-60)36-72(105)84-66-21-18-63(51(3)15-24-78(111)118-12)90(66,9)75(108)39-69(84)87/h43-45,49-54,58-75,82-84,103-108H,13-42,46-48H2,1-12H3,(H3,91,92,93,115)/t49-,50-,51-,52+,53+,54+,58?,59?,60?,61-,62-,63-,64+,65+,66+,67+,68+,69+,70-,71-,72-,73+,74+,75+,82+,83+,84+,85+,86+,87+,88-,89-,90-,122?/m1/s1. The van der Waals surface area contributed by atoms with Crippen molar-refractivity contribution < 1.29 is 92.4 Å². The Bertz CT molecular complexity index is 3870. The van der Waals surface area contributed by atoms with E-state index in [1.54, 1.807) is 18.6 Å². The van der Waals surface area contributed by atoms with Crippen molar-refractivity contribution >= 4 is 43.4 Å². The van der Waals surface area contributed by atoms with Crippen LogP contribution in [0.5, 0.6) is 0 Å². The van der Waals surface area contributed by atoms with Crippen molar-refractivity contribution in [2.45, 2.75) is 330 Å². The van der Waals surface area contributed by atoms with Gasteiger partial charge in [0.15, 0.2) is 0 Å². The average Bonchev–Trinajstić information content (AvgIpc) is 1.43. The van der Waals surface area contributed by atoms with Gasteiger partial charge in [-0.1, -0.05) is 78.0 Å². The molecule has 12 aliphatic carbocycles. The van der Waals surface area contributed by atoms with Gasteiger partial charge in [-0.15, -0.1) is 15.3 Å². The number of carbonyl (C=O) groups excluding carboxylic acids is 6. The molecule has 12 saturated carbocycles. The van der Waals surface area contributed by atoms with E-state index < -0.39 is 62.1 Å². The van der Waals surface area contributed by atoms with E-state index in [1.807, 2.05) is 0 Å². The zero-order chi connectivity index (χ0) is 87.1. The van der Waals surface area contributed by atoms with Crippen LogP contribution in [0.4, 0.5) is 0 Å². The summed E-state index contributed by atoms with van der Waals surface area (Å²) in [5.74, 6) is 0.202. The quantitative estimate of drug-likeness (QED) is 0.0170. The number of rotatable bonds is 30. The lowest BCUT2D eigenvalue weighted by atomic mass is 9.43. The number of carbonyl (C=O) groups is 6. The van der Waals surface area contributed by atoms with E-state index in [-0.39, 0.29) is 215 Å². The van der Waals surface area contributed by atoms with Gasteiger partial charge in [-0.05, 0) is 293 Å². The number of aliphatic hydroxyl groups excluding tert-OH is 6. The van der Waals surface area contributed by atoms with Gasteiger partial charge in [-0.3, -0.25) is 33.3 Å². The summed E-state index contributed by atoms with van der Waals surface area (Å²) in [6.07, 6.45) is 18.5. The van der Waals surface area contributed by atoms with Crippen molar-refractivity contribution in [3.8, 4) is 0 Å². The van der Waals surface area contributed by atoms with Gasteiger partial charge < -0.3 is 59.1 Å². The summed E-state index contributed by atoms with van der Waals surface area (Å²) in [7, 11) is 0.322. The summed E-state index contributed by atoms with van der Waals surface area (Å²) in [4.78, 5) is 78.0. The van der Waals surface area contributed by atoms with Gasteiger partial charge in [0, 0.05) is 38.9 Å². The third-order valence-corrected chi connectivity index (χ3v) is 38.4. The number of esters is 6. The minimum absolute atomic E-state index is 0.0407. The molecule has 0 saturated heterocycles. The van der Waals surface area contributed by atoms with Gasteiger partial charge in [-0.25, -0.2) is 29.3 Å². The Labute approximate surface area is 718 Å². The van der Waals surface area contributed by atoms with Crippen LogP contribution in [0, 0.1) is 139 Å². The van der Waals surface area contributed by atoms with Gasteiger partial charge in [0.25, 0.3) is 7.59 Å². The van der Waals surface area contributed by atoms with Crippen LogP contribution in [0.2, 0.25) is 0 Å². The van der Waals surface area contributed by atoms with Crippen LogP contribution in [0.15, 0.2) is 18.6 Å². The third kappa shape index (κ3) is 17.2. The molecule has 0 spiro atoms. The molecular formula is C90H141N12O19P. The van der Waals surface area contributed by atoms with E-state index in [0.717, 1.165) is 57.8 Å². The molecule has 31 nitrogen and oxygen atoms in total. The Kier molecular flexibility index (Phi) is 26.8. The summed E-state index contributed by atoms with van der Waals surface area (Å²) < 4.78 is 52.8. The van der Waals surface area contributed by atoms with Gasteiger partial charge in [0.1, 0.15) is 37.9 Å². The highest BCUT2D eigenvalue weighted by Gasteiger charge is 2.70. The second-order valence-corrected chi connectivity index (χ2v) is 44.2. The van der Waals surface area contributed by atoms with E-state index in [0.29, 0.717) is 133 Å². The predicted molar refractivity (Wildman–Crippen MR) is 443 cm³/mol. The fourth-order valence-electron chi connectivity index (χ4n) is 29.9. The van der Waals surface area contributed by atoms with E-state index >= 15 is 4.57 Å². The maximum absolute atomic E-state index is 15.3. The minimum Gasteiger partial charge on any atom is -0.469 e. The maximum Gasteiger partial charge on any atom is 0.328 e. The molecule has 3 aromatic rings. The number of aliphatic hydroxyl groups is 6. The van der Waals surface area contributed by atoms with E-state index in [2.05, 4.69) is 109 Å². The maximum atomic E-state index is 15.3. The first kappa shape index (κ1) is 90.9. The molecule has 122 heavy (non-hydrogen) atoms. The number of methoxy groups -OCH3 is 3. The van der Waals surface area contributed by atoms with Crippen LogP contribution in [-0.4, -0.2) is 188 Å². The molecule has 12 aliphatic rings. The van der Waals surface area contributed by atoms with Gasteiger partial charge in [0.2, 0.25) is 0 Å². The molecule has 3 unspecified atom stereocenters. The predicted octanol–water partition coefficient (Wildman–Crippen LogP) is 9.54. The molecule has 3 heterocycles. The molecular weight excluding hydrogens is 1580 g/mol. The average molecular weight is 1730 g/mol. The normalized spacial score (nSPS) is 41.7. The first-order valence-corrected chi connectivity index (χ1v) is 48.1. The Morgan fingerprint density at radius 2 is 0.672 bits per heavy atom. The van der Waals surface area contributed by atoms with Gasteiger partial charge in [0.05, 0.1) is 93.6 Å². The van der Waals surface area contributed by atoms with Crippen molar-refractivity contribution in [3.63, 3.8) is 0 Å². The first-order chi connectivity index (χ1) is 58.0. The Morgan fingerprint density at radius 3 is 0.934 bits per heavy atom. The second kappa shape index (κ2) is 36.0. The molecule has 12 fully saturated rings. The summed E-state index contributed by atoms with van der Waals surface area (Å²) in [5.41, 5.74) is -0.597. The molecule has 0 aromatic carbocycles. The van der Waals surface area contributed by atoms with Crippen LogP contribution in [0.1, 0.15) is 253 Å². The van der Waals surface area contributed by atoms with Crippen molar-refractivity contribution in [2.24, 2.45) is 139 Å². The van der Waals surface area contributed by atoms with Crippen molar-refractivity contribution in [1.29, 1.82) is 0 Å². The van der Waals surface area contributed by atoms with Crippen molar-refractivity contribution in [1.82, 2.24) is 60.2 Å². The third-order valence-electron chi connectivity index (χ3n) is 36.6. The topological polar surface area (TPSA) is 424 Å². The van der Waals surface area contributed by atoms with Crippen LogP contribution in [0.3, 0.4) is 0 Å². The molecule has 33 atom stereocenters. The molecule has 32 heteroatoms. The lowest BCUT2D eigenvalue weighted by Gasteiger charge is -2.63. The molecule has 15 rings (SSSR count). The first-order valence-electron chi connectivity index (χ1n) is 46.4. The van der Waals surface area contributed by atoms with Crippen LogP contribution in [-0.2, 0) is 101 Å². The molecule has 0 radical (unpaired) electrons. The van der Waals surface area contributed by atoms with Gasteiger partial charge in [-0.2, -0.15) is 0 Å². The lowest BCUT2D eigenvalue weighted by molar-refractivity contribution is -0.210. The minimum atomic E-state index is -3.91.